The predicted octanol–water partition coefficient (Wildman–Crippen LogP) is 4.34. The summed E-state index contributed by atoms with van der Waals surface area (Å²) in [7, 11) is 0. The van der Waals surface area contributed by atoms with E-state index in [0.29, 0.717) is 12.1 Å². The molecular formula is C16H30N3OSTe. The van der Waals surface area contributed by atoms with Gasteiger partial charge in [0.25, 0.3) is 0 Å². The van der Waals surface area contributed by atoms with Gasteiger partial charge in [0.2, 0.25) is 0 Å². The molecule has 1 aliphatic rings. The maximum absolute atomic E-state index is 5.53. The molecule has 1 saturated carbocycles. The molecule has 1 radical (unpaired) electrons. The van der Waals surface area contributed by atoms with Crippen molar-refractivity contribution >= 4 is 34.2 Å². The molecule has 1 atom stereocenters. The topological polar surface area (TPSA) is 47.0 Å². The molecule has 127 valence electrons. The molecule has 0 aromatic carbocycles. The first kappa shape index (κ1) is 22.0. The average molecular weight is 440 g/mol. The van der Waals surface area contributed by atoms with Crippen molar-refractivity contribution < 1.29 is 4.74 Å². The van der Waals surface area contributed by atoms with Gasteiger partial charge in [-0.25, -0.2) is 9.97 Å². The fourth-order valence-corrected chi connectivity index (χ4v) is 1.95. The Bertz CT molecular complexity index is 391. The van der Waals surface area contributed by atoms with Crippen LogP contribution >= 0.6 is 11.9 Å². The van der Waals surface area contributed by atoms with E-state index in [1.165, 1.54) is 0 Å². The molecule has 4 nitrogen and oxygen atoms in total. The summed E-state index contributed by atoms with van der Waals surface area (Å²) in [5, 5.41) is 0. The first-order valence-electron chi connectivity index (χ1n) is 7.77. The van der Waals surface area contributed by atoms with Crippen LogP contribution in [0, 0.1) is 0 Å². The number of hydrogen-bond acceptors (Lipinski definition) is 5. The van der Waals surface area contributed by atoms with Gasteiger partial charge >= 0.3 is 33.3 Å². The average Bonchev–Trinajstić information content (AvgIpc) is 3.33. The van der Waals surface area contributed by atoms with Gasteiger partial charge in [-0.05, 0) is 40.5 Å². The van der Waals surface area contributed by atoms with Gasteiger partial charge < -0.3 is 4.74 Å². The molecule has 1 unspecified atom stereocenters. The van der Waals surface area contributed by atoms with Crippen LogP contribution in [0.1, 0.15) is 66.0 Å². The first-order valence-corrected chi connectivity index (χ1v) is 10.9. The molecule has 6 heteroatoms. The summed E-state index contributed by atoms with van der Waals surface area (Å²) in [5.74, 6) is 0. The Morgan fingerprint density at radius 2 is 1.73 bits per heavy atom. The van der Waals surface area contributed by atoms with Crippen LogP contribution in [0.25, 0.3) is 0 Å². The van der Waals surface area contributed by atoms with Crippen LogP contribution < -0.4 is 9.46 Å². The summed E-state index contributed by atoms with van der Waals surface area (Å²) >= 11 is 3.67. The molecule has 0 saturated heterocycles. The zero-order chi connectivity index (χ0) is 17.2. The van der Waals surface area contributed by atoms with E-state index in [4.69, 9.17) is 4.74 Å². The Morgan fingerprint density at radius 3 is 2.14 bits per heavy atom. The predicted molar refractivity (Wildman–Crippen MR) is 97.5 cm³/mol. The van der Waals surface area contributed by atoms with E-state index in [9.17, 15) is 0 Å². The first-order chi connectivity index (χ1) is 10.4. The van der Waals surface area contributed by atoms with Gasteiger partial charge in [-0.3, -0.25) is 4.72 Å². The summed E-state index contributed by atoms with van der Waals surface area (Å²) < 4.78 is 9.13. The van der Waals surface area contributed by atoms with Gasteiger partial charge in [0.15, 0.2) is 0 Å². The Kier molecular flexibility index (Phi) is 11.5. The number of ether oxygens (including phenoxy) is 1. The van der Waals surface area contributed by atoms with E-state index in [1.807, 2.05) is 53.5 Å². The molecule has 22 heavy (non-hydrogen) atoms. The molecule has 1 heterocycles. The molecule has 1 N–H and O–H groups in total. The monoisotopic (exact) mass is 442 g/mol. The van der Waals surface area contributed by atoms with Crippen molar-refractivity contribution in [2.75, 3.05) is 0 Å². The zero-order valence-electron chi connectivity index (χ0n) is 14.8. The number of rotatable bonds is 5. The Labute approximate surface area is 153 Å². The molecular weight excluding hydrogens is 410 g/mol. The van der Waals surface area contributed by atoms with Gasteiger partial charge in [-0.2, -0.15) is 0 Å². The molecule has 0 bridgehead atoms. The van der Waals surface area contributed by atoms with Gasteiger partial charge in [-0.1, -0.05) is 25.8 Å². The molecule has 0 spiro atoms. The molecule has 0 amide bonds. The minimum absolute atomic E-state index is 0.199. The van der Waals surface area contributed by atoms with E-state index in [-0.39, 0.29) is 10.8 Å². The minimum atomic E-state index is 0.199. The van der Waals surface area contributed by atoms with Gasteiger partial charge in [0.1, 0.15) is 6.10 Å². The van der Waals surface area contributed by atoms with Crippen LogP contribution in [0.4, 0.5) is 0 Å². The number of hydrogen-bond donors (Lipinski definition) is 1. The Morgan fingerprint density at radius 1 is 1.23 bits per heavy atom. The van der Waals surface area contributed by atoms with Crippen LogP contribution in [0.3, 0.4) is 0 Å². The summed E-state index contributed by atoms with van der Waals surface area (Å²) in [6.45, 7) is 12.7. The third-order valence-corrected chi connectivity index (χ3v) is 3.57. The van der Waals surface area contributed by atoms with Gasteiger partial charge in [0, 0.05) is 28.7 Å². The van der Waals surface area contributed by atoms with Crippen molar-refractivity contribution in [2.24, 2.45) is 0 Å². The van der Waals surface area contributed by atoms with Crippen molar-refractivity contribution in [2.45, 2.75) is 76.2 Å². The van der Waals surface area contributed by atoms with E-state index in [1.54, 1.807) is 11.9 Å². The van der Waals surface area contributed by atoms with Crippen molar-refractivity contribution in [3.05, 3.63) is 18.0 Å². The fourth-order valence-electron chi connectivity index (χ4n) is 1.28. The van der Waals surface area contributed by atoms with Crippen LogP contribution in [-0.2, 0) is 0 Å². The number of aromatic nitrogens is 2. The second-order valence-electron chi connectivity index (χ2n) is 5.67. The van der Waals surface area contributed by atoms with E-state index in [0.717, 1.165) is 18.4 Å². The van der Waals surface area contributed by atoms with Gasteiger partial charge in [0.05, 0.1) is 0 Å². The molecule has 1 fully saturated rings. The Hall–Kier alpha value is -0.0204. The molecule has 1 aromatic heterocycles. The van der Waals surface area contributed by atoms with Crippen molar-refractivity contribution in [1.29, 1.82) is 0 Å². The standard InChI is InChI=1S/C13H21N3OS.C2H6.CH3Te/c1-9(16-18-13(2,3)4)10-7-14-12(15-8-10)17-11-5-6-11;2*1-2/h7-9,11,16H,5-6H2,1-4H3;1-2H3;1H3. The van der Waals surface area contributed by atoms with Crippen LogP contribution in [0.15, 0.2) is 12.4 Å². The van der Waals surface area contributed by atoms with E-state index >= 15 is 0 Å². The SMILES string of the molecule is CC.CC(NSC(C)(C)C)c1cnc(OC2CC2)nc1.C[Te]. The second-order valence-corrected chi connectivity index (χ2v) is 7.33. The second kappa shape index (κ2) is 11.5. The summed E-state index contributed by atoms with van der Waals surface area (Å²) in [5.41, 5.74) is 1.08. The van der Waals surface area contributed by atoms with Gasteiger partial charge in [-0.15, -0.1) is 0 Å². The fraction of sp³-hybridized carbons (Fsp3) is 0.750. The Balaban J connectivity index is 0.00000102. The van der Waals surface area contributed by atoms with E-state index in [2.05, 4.69) is 42.4 Å². The molecule has 1 aromatic rings. The van der Waals surface area contributed by atoms with E-state index < -0.39 is 0 Å². The van der Waals surface area contributed by atoms with Crippen LogP contribution in [0.2, 0.25) is 4.97 Å². The van der Waals surface area contributed by atoms with Crippen molar-refractivity contribution in [3.63, 3.8) is 0 Å². The molecule has 2 rings (SSSR count). The summed E-state index contributed by atoms with van der Waals surface area (Å²) in [4.78, 5) is 10.5. The summed E-state index contributed by atoms with van der Waals surface area (Å²) in [6.07, 6.45) is 6.29. The number of nitrogens with zero attached hydrogens (tertiary/aromatic N) is 2. The maximum atomic E-state index is 5.53. The van der Waals surface area contributed by atoms with Crippen molar-refractivity contribution in [1.82, 2.24) is 14.7 Å². The number of nitrogens with one attached hydrogen (secondary N) is 1. The zero-order valence-corrected chi connectivity index (χ0v) is 18.0. The third kappa shape index (κ3) is 9.89. The third-order valence-electron chi connectivity index (χ3n) is 2.49. The van der Waals surface area contributed by atoms with Crippen molar-refractivity contribution in [3.8, 4) is 6.01 Å². The quantitative estimate of drug-likeness (QED) is 0.546. The normalized spacial score (nSPS) is 14.9. The molecule has 1 aliphatic carbocycles. The molecule has 0 aliphatic heterocycles. The van der Waals surface area contributed by atoms with Crippen LogP contribution in [-0.4, -0.2) is 43.1 Å². The van der Waals surface area contributed by atoms with Crippen LogP contribution in [0.5, 0.6) is 6.01 Å². The summed E-state index contributed by atoms with van der Waals surface area (Å²) in [6, 6.07) is 0.723.